The van der Waals surface area contributed by atoms with Gasteiger partial charge in [-0.1, -0.05) is 54.9 Å². The lowest BCUT2D eigenvalue weighted by Crippen LogP contribution is -2.45. The number of aryl methyl sites for hydroxylation is 1. The van der Waals surface area contributed by atoms with E-state index < -0.39 is 11.7 Å². The molecule has 2 aromatic carbocycles. The Morgan fingerprint density at radius 1 is 1.30 bits per heavy atom. The van der Waals surface area contributed by atoms with Gasteiger partial charge < -0.3 is 20.5 Å². The number of piperidine rings is 1. The minimum Gasteiger partial charge on any atom is -0.447 e. The van der Waals surface area contributed by atoms with Crippen molar-refractivity contribution in [3.63, 3.8) is 0 Å². The second-order valence-corrected chi connectivity index (χ2v) is 9.58. The van der Waals surface area contributed by atoms with Crippen LogP contribution in [0.5, 0.6) is 0 Å². The van der Waals surface area contributed by atoms with E-state index in [0.29, 0.717) is 24.4 Å². The Morgan fingerprint density at radius 2 is 2.09 bits per heavy atom. The van der Waals surface area contributed by atoms with Crippen LogP contribution in [0.1, 0.15) is 57.6 Å². The fourth-order valence-electron chi connectivity index (χ4n) is 4.75. The third-order valence-corrected chi connectivity index (χ3v) is 6.74. The van der Waals surface area contributed by atoms with E-state index in [1.54, 1.807) is 0 Å². The summed E-state index contributed by atoms with van der Waals surface area (Å²) in [5, 5.41) is 19.2. The molecule has 33 heavy (non-hydrogen) atoms. The van der Waals surface area contributed by atoms with E-state index in [1.807, 2.05) is 38.1 Å². The van der Waals surface area contributed by atoms with Gasteiger partial charge in [-0.15, -0.1) is 0 Å². The molecule has 1 aliphatic rings. The molecule has 1 saturated heterocycles. The third kappa shape index (κ3) is 6.50. The van der Waals surface area contributed by atoms with E-state index in [-0.39, 0.29) is 12.0 Å². The fraction of sp³-hybridized carbons (Fsp3) is 0.519. The summed E-state index contributed by atoms with van der Waals surface area (Å²) in [5.41, 5.74) is 2.95. The van der Waals surface area contributed by atoms with Gasteiger partial charge in [0.15, 0.2) is 0 Å². The predicted octanol–water partition coefficient (Wildman–Crippen LogP) is 5.67. The van der Waals surface area contributed by atoms with Crippen molar-refractivity contribution in [2.24, 2.45) is 5.92 Å². The van der Waals surface area contributed by atoms with Crippen LogP contribution < -0.4 is 10.6 Å². The third-order valence-electron chi connectivity index (χ3n) is 6.42. The van der Waals surface area contributed by atoms with Crippen molar-refractivity contribution in [2.75, 3.05) is 19.6 Å². The molecular formula is C27H37ClN2O3. The molecule has 6 heteroatoms. The molecule has 0 radical (unpaired) electrons. The zero-order valence-corrected chi connectivity index (χ0v) is 20.8. The molecule has 5 nitrogen and oxygen atoms in total. The summed E-state index contributed by atoms with van der Waals surface area (Å²) in [5.74, 6) is 0.0560. The van der Waals surface area contributed by atoms with E-state index >= 15 is 0 Å². The fourth-order valence-corrected chi connectivity index (χ4v) is 5.03. The van der Waals surface area contributed by atoms with Crippen LogP contribution in [0.2, 0.25) is 5.02 Å². The molecular weight excluding hydrogens is 436 g/mol. The Balaban J connectivity index is 1.92. The van der Waals surface area contributed by atoms with Crippen molar-refractivity contribution in [3.05, 3.63) is 58.6 Å². The monoisotopic (exact) mass is 472 g/mol. The first kappa shape index (κ1) is 25.5. The summed E-state index contributed by atoms with van der Waals surface area (Å²) in [6, 6.07) is 14.2. The minimum absolute atomic E-state index is 0.0560. The van der Waals surface area contributed by atoms with Crippen LogP contribution in [-0.2, 0) is 16.8 Å². The van der Waals surface area contributed by atoms with Crippen LogP contribution in [0.4, 0.5) is 4.79 Å². The lowest BCUT2D eigenvalue weighted by atomic mass is 9.72. The van der Waals surface area contributed by atoms with E-state index in [4.69, 9.17) is 16.3 Å². The molecule has 3 N–H and O–H groups in total. The molecule has 3 rings (SSSR count). The maximum absolute atomic E-state index is 12.3. The van der Waals surface area contributed by atoms with E-state index in [2.05, 4.69) is 35.8 Å². The normalized spacial score (nSPS) is 18.1. The number of benzene rings is 2. The summed E-state index contributed by atoms with van der Waals surface area (Å²) in [4.78, 5) is 11.9. The predicted molar refractivity (Wildman–Crippen MR) is 135 cm³/mol. The van der Waals surface area contributed by atoms with E-state index in [0.717, 1.165) is 49.0 Å². The number of amides is 1. The van der Waals surface area contributed by atoms with Crippen molar-refractivity contribution in [3.8, 4) is 11.1 Å². The number of aliphatic hydroxyl groups is 1. The largest absolute Gasteiger partial charge is 0.447 e. The highest BCUT2D eigenvalue weighted by molar-refractivity contribution is 6.33. The molecule has 0 saturated carbocycles. The zero-order valence-electron chi connectivity index (χ0n) is 20.0. The first-order valence-electron chi connectivity index (χ1n) is 12.1. The number of hydrogen-bond donors (Lipinski definition) is 3. The van der Waals surface area contributed by atoms with Crippen LogP contribution >= 0.6 is 11.6 Å². The number of halogens is 1. The van der Waals surface area contributed by atoms with Gasteiger partial charge in [-0.3, -0.25) is 0 Å². The van der Waals surface area contributed by atoms with Crippen LogP contribution in [0.3, 0.4) is 0 Å². The van der Waals surface area contributed by atoms with Gasteiger partial charge >= 0.3 is 6.09 Å². The van der Waals surface area contributed by atoms with Gasteiger partial charge in [0.2, 0.25) is 0 Å². The molecule has 1 heterocycles. The Labute approximate surface area is 202 Å². The van der Waals surface area contributed by atoms with Gasteiger partial charge in [-0.25, -0.2) is 4.79 Å². The van der Waals surface area contributed by atoms with Crippen molar-refractivity contribution in [1.29, 1.82) is 0 Å². The molecule has 1 fully saturated rings. The van der Waals surface area contributed by atoms with Gasteiger partial charge in [0.05, 0.1) is 11.7 Å². The Kier molecular flexibility index (Phi) is 9.19. The molecule has 180 valence electrons. The average molecular weight is 473 g/mol. The summed E-state index contributed by atoms with van der Waals surface area (Å²) < 4.78 is 5.16. The number of alkyl carbamates (subject to hydrolysis) is 1. The number of carbonyl (C=O) groups excluding carboxylic acids is 1. The minimum atomic E-state index is -1.07. The number of ether oxygens (including phenoxy) is 1. The van der Waals surface area contributed by atoms with Gasteiger partial charge in [-0.05, 0) is 75.3 Å². The highest BCUT2D eigenvalue weighted by atomic mass is 35.5. The summed E-state index contributed by atoms with van der Waals surface area (Å²) in [6.07, 6.45) is 3.45. The van der Waals surface area contributed by atoms with E-state index in [9.17, 15) is 9.90 Å². The molecule has 2 atom stereocenters. The Morgan fingerprint density at radius 3 is 2.79 bits per heavy atom. The number of carbonyl (C=O) groups is 1. The number of nitrogens with one attached hydrogen (secondary N) is 2. The van der Waals surface area contributed by atoms with E-state index in [1.165, 1.54) is 5.56 Å². The smallest absolute Gasteiger partial charge is 0.407 e. The van der Waals surface area contributed by atoms with Crippen molar-refractivity contribution < 1.29 is 14.6 Å². The summed E-state index contributed by atoms with van der Waals surface area (Å²) in [6.45, 7) is 7.94. The quantitative estimate of drug-likeness (QED) is 0.411. The van der Waals surface area contributed by atoms with Crippen LogP contribution in [0.25, 0.3) is 11.1 Å². The first-order chi connectivity index (χ1) is 15.8. The second-order valence-electron chi connectivity index (χ2n) is 9.17. The van der Waals surface area contributed by atoms with Gasteiger partial charge in [0.25, 0.3) is 0 Å². The van der Waals surface area contributed by atoms with Gasteiger partial charge in [0, 0.05) is 29.6 Å². The lowest BCUT2D eigenvalue weighted by Gasteiger charge is -2.40. The molecule has 0 aliphatic carbocycles. The maximum Gasteiger partial charge on any atom is 0.407 e. The number of hydrogen-bond acceptors (Lipinski definition) is 4. The SMILES string of the molecule is CCc1cccc(-c2c(Cl)cccc2C(O)(CCCNC(=O)OC(C)C)C2CCCNC2)c1. The van der Waals surface area contributed by atoms with Crippen molar-refractivity contribution >= 4 is 17.7 Å². The first-order valence-corrected chi connectivity index (χ1v) is 12.5. The van der Waals surface area contributed by atoms with Crippen molar-refractivity contribution in [2.45, 2.75) is 64.6 Å². The zero-order chi connectivity index (χ0) is 23.8. The molecule has 0 aromatic heterocycles. The molecule has 2 aromatic rings. The summed E-state index contributed by atoms with van der Waals surface area (Å²) in [7, 11) is 0. The average Bonchev–Trinajstić information content (AvgIpc) is 2.81. The lowest BCUT2D eigenvalue weighted by molar-refractivity contribution is -0.0416. The van der Waals surface area contributed by atoms with Crippen LogP contribution in [-0.4, -0.2) is 36.9 Å². The topological polar surface area (TPSA) is 70.6 Å². The molecule has 0 bridgehead atoms. The van der Waals surface area contributed by atoms with Gasteiger partial charge in [0.1, 0.15) is 0 Å². The highest BCUT2D eigenvalue weighted by Crippen LogP contribution is 2.44. The Bertz CT molecular complexity index is 927. The van der Waals surface area contributed by atoms with Crippen LogP contribution in [0.15, 0.2) is 42.5 Å². The molecule has 1 amide bonds. The molecule has 0 spiro atoms. The van der Waals surface area contributed by atoms with Gasteiger partial charge in [-0.2, -0.15) is 0 Å². The van der Waals surface area contributed by atoms with Crippen LogP contribution in [0, 0.1) is 5.92 Å². The second kappa shape index (κ2) is 11.9. The summed E-state index contributed by atoms with van der Waals surface area (Å²) >= 11 is 6.76. The maximum atomic E-state index is 12.3. The number of rotatable bonds is 9. The Hall–Kier alpha value is -2.08. The van der Waals surface area contributed by atoms with Crippen molar-refractivity contribution in [1.82, 2.24) is 10.6 Å². The highest BCUT2D eigenvalue weighted by Gasteiger charge is 2.40. The molecule has 1 aliphatic heterocycles. The molecule has 2 unspecified atom stereocenters. The standard InChI is InChI=1S/C27H37ClN2O3/c1-4-20-9-5-10-21(17-20)25-23(12-6-13-24(25)28)27(32,22-11-7-15-29-18-22)14-8-16-30-26(31)33-19(2)3/h5-6,9-10,12-13,17,19,22,29,32H,4,7-8,11,14-16,18H2,1-3H3,(H,30,31).